The zero-order chi connectivity index (χ0) is 14.8. The number of para-hydroxylation sites is 1. The molecule has 0 atom stereocenters. The number of H-pyrrole nitrogens is 1. The molecule has 0 fully saturated rings. The van der Waals surface area contributed by atoms with Gasteiger partial charge in [-0.1, -0.05) is 24.3 Å². The molecule has 1 aromatic heterocycles. The fourth-order valence-electron chi connectivity index (χ4n) is 2.20. The standard InChI is InChI=1S/C15H14N4O2/c16-11-4-2-1-3-10(11)7-9-5-6-12-13(8-9)19-15(18-12)21-14(17)20/h1-6,8H,7,16H2,(H2,17,20)(H,18,19). The fraction of sp³-hybridized carbons (Fsp3) is 0.0667. The van der Waals surface area contributed by atoms with Crippen molar-refractivity contribution in [2.75, 3.05) is 5.73 Å². The minimum Gasteiger partial charge on any atom is -0.398 e. The zero-order valence-electron chi connectivity index (χ0n) is 11.2. The maximum absolute atomic E-state index is 10.7. The summed E-state index contributed by atoms with van der Waals surface area (Å²) >= 11 is 0. The summed E-state index contributed by atoms with van der Waals surface area (Å²) in [6, 6.07) is 13.6. The van der Waals surface area contributed by atoms with Crippen molar-refractivity contribution in [1.82, 2.24) is 9.97 Å². The molecule has 1 heterocycles. The average Bonchev–Trinajstić information content (AvgIpc) is 2.82. The third-order valence-electron chi connectivity index (χ3n) is 3.17. The van der Waals surface area contributed by atoms with E-state index >= 15 is 0 Å². The molecule has 0 radical (unpaired) electrons. The normalized spacial score (nSPS) is 10.7. The molecule has 3 aromatic rings. The van der Waals surface area contributed by atoms with E-state index in [1.165, 1.54) is 0 Å². The number of nitrogens with zero attached hydrogens (tertiary/aromatic N) is 1. The number of amides is 1. The van der Waals surface area contributed by atoms with Crippen LogP contribution in [0, 0.1) is 0 Å². The lowest BCUT2D eigenvalue weighted by molar-refractivity contribution is 0.207. The highest BCUT2D eigenvalue weighted by Crippen LogP contribution is 2.21. The summed E-state index contributed by atoms with van der Waals surface area (Å²) in [5, 5.41) is 0. The van der Waals surface area contributed by atoms with Gasteiger partial charge in [-0.2, -0.15) is 4.98 Å². The van der Waals surface area contributed by atoms with Crippen LogP contribution in [0.3, 0.4) is 0 Å². The summed E-state index contributed by atoms with van der Waals surface area (Å²) in [4.78, 5) is 17.8. The Morgan fingerprint density at radius 2 is 2.05 bits per heavy atom. The second-order valence-electron chi connectivity index (χ2n) is 4.69. The summed E-state index contributed by atoms with van der Waals surface area (Å²) in [6.07, 6.45) is -0.187. The minimum absolute atomic E-state index is 0.0916. The van der Waals surface area contributed by atoms with Crippen molar-refractivity contribution in [2.45, 2.75) is 6.42 Å². The summed E-state index contributed by atoms with van der Waals surface area (Å²) in [7, 11) is 0. The molecule has 0 saturated carbocycles. The fourth-order valence-corrected chi connectivity index (χ4v) is 2.20. The van der Waals surface area contributed by atoms with E-state index in [9.17, 15) is 4.79 Å². The molecule has 0 saturated heterocycles. The predicted molar refractivity (Wildman–Crippen MR) is 80.0 cm³/mol. The largest absolute Gasteiger partial charge is 0.412 e. The number of aromatic nitrogens is 2. The smallest absolute Gasteiger partial charge is 0.398 e. The van der Waals surface area contributed by atoms with E-state index in [2.05, 4.69) is 9.97 Å². The van der Waals surface area contributed by atoms with Crippen molar-refractivity contribution in [2.24, 2.45) is 5.73 Å². The molecule has 6 heteroatoms. The van der Waals surface area contributed by atoms with Gasteiger partial charge in [0.25, 0.3) is 0 Å². The van der Waals surface area contributed by atoms with Crippen LogP contribution in [0.2, 0.25) is 0 Å². The van der Waals surface area contributed by atoms with E-state index in [1.807, 2.05) is 42.5 Å². The molecule has 21 heavy (non-hydrogen) atoms. The van der Waals surface area contributed by atoms with Crippen LogP contribution in [0.5, 0.6) is 6.01 Å². The van der Waals surface area contributed by atoms with Crippen molar-refractivity contribution in [3.05, 3.63) is 53.6 Å². The molecule has 0 aliphatic heterocycles. The first kappa shape index (κ1) is 13.0. The van der Waals surface area contributed by atoms with Crippen molar-refractivity contribution in [1.29, 1.82) is 0 Å². The number of anilines is 1. The summed E-state index contributed by atoms with van der Waals surface area (Å²) < 4.78 is 4.73. The van der Waals surface area contributed by atoms with Crippen LogP contribution in [0.15, 0.2) is 42.5 Å². The number of hydrogen-bond donors (Lipinski definition) is 3. The molecule has 2 aromatic carbocycles. The number of primary amides is 1. The number of rotatable bonds is 3. The highest BCUT2D eigenvalue weighted by Gasteiger charge is 2.08. The van der Waals surface area contributed by atoms with Gasteiger partial charge in [0, 0.05) is 5.69 Å². The van der Waals surface area contributed by atoms with Crippen LogP contribution < -0.4 is 16.2 Å². The third kappa shape index (κ3) is 2.79. The second kappa shape index (κ2) is 5.16. The zero-order valence-corrected chi connectivity index (χ0v) is 11.2. The summed E-state index contributed by atoms with van der Waals surface area (Å²) in [5.41, 5.74) is 15.3. The van der Waals surface area contributed by atoms with Crippen LogP contribution in [0.4, 0.5) is 10.5 Å². The molecule has 5 N–H and O–H groups in total. The van der Waals surface area contributed by atoms with Crippen molar-refractivity contribution in [3.63, 3.8) is 0 Å². The molecule has 106 valence electrons. The summed E-state index contributed by atoms with van der Waals surface area (Å²) in [5.74, 6) is 0. The third-order valence-corrected chi connectivity index (χ3v) is 3.17. The van der Waals surface area contributed by atoms with Crippen LogP contribution in [-0.2, 0) is 6.42 Å². The van der Waals surface area contributed by atoms with Crippen LogP contribution in [0.25, 0.3) is 11.0 Å². The number of fused-ring (bicyclic) bond motifs is 1. The van der Waals surface area contributed by atoms with Gasteiger partial charge < -0.3 is 21.2 Å². The Hall–Kier alpha value is -3.02. The molecular weight excluding hydrogens is 268 g/mol. The Kier molecular flexibility index (Phi) is 3.19. The lowest BCUT2D eigenvalue weighted by atomic mass is 10.0. The van der Waals surface area contributed by atoms with E-state index in [0.29, 0.717) is 11.9 Å². The van der Waals surface area contributed by atoms with Gasteiger partial charge in [0.15, 0.2) is 0 Å². The van der Waals surface area contributed by atoms with E-state index in [4.69, 9.17) is 16.2 Å². The Morgan fingerprint density at radius 3 is 2.81 bits per heavy atom. The molecule has 0 bridgehead atoms. The van der Waals surface area contributed by atoms with Crippen LogP contribution >= 0.6 is 0 Å². The number of nitrogens with one attached hydrogen (secondary N) is 1. The first-order valence-corrected chi connectivity index (χ1v) is 6.41. The molecular formula is C15H14N4O2. The van der Waals surface area contributed by atoms with Gasteiger partial charge >= 0.3 is 12.1 Å². The Balaban J connectivity index is 1.90. The van der Waals surface area contributed by atoms with Gasteiger partial charge in [0.2, 0.25) is 0 Å². The molecule has 0 unspecified atom stereocenters. The number of nitrogens with two attached hydrogens (primary N) is 2. The van der Waals surface area contributed by atoms with Crippen LogP contribution in [0.1, 0.15) is 11.1 Å². The number of ether oxygens (including phenoxy) is 1. The highest BCUT2D eigenvalue weighted by molar-refractivity contribution is 5.78. The number of nitrogen functional groups attached to an aromatic ring is 1. The molecule has 1 amide bonds. The van der Waals surface area contributed by atoms with E-state index < -0.39 is 6.09 Å². The Bertz CT molecular complexity index is 810. The van der Waals surface area contributed by atoms with Gasteiger partial charge in [-0.15, -0.1) is 0 Å². The number of hydrogen-bond acceptors (Lipinski definition) is 4. The number of carbonyl (C=O) groups is 1. The average molecular weight is 282 g/mol. The van der Waals surface area contributed by atoms with Gasteiger partial charge in [-0.3, -0.25) is 0 Å². The quantitative estimate of drug-likeness (QED) is 0.640. The summed E-state index contributed by atoms with van der Waals surface area (Å²) in [6.45, 7) is 0. The molecule has 0 aliphatic rings. The van der Waals surface area contributed by atoms with Gasteiger partial charge in [0.05, 0.1) is 11.0 Å². The topological polar surface area (TPSA) is 107 Å². The van der Waals surface area contributed by atoms with Gasteiger partial charge in [-0.25, -0.2) is 4.79 Å². The lowest BCUT2D eigenvalue weighted by Crippen LogP contribution is -2.16. The number of aromatic amines is 1. The Morgan fingerprint density at radius 1 is 1.24 bits per heavy atom. The second-order valence-corrected chi connectivity index (χ2v) is 4.69. The molecule has 3 rings (SSSR count). The van der Waals surface area contributed by atoms with Crippen molar-refractivity contribution >= 4 is 22.8 Å². The Labute approximate surface area is 120 Å². The van der Waals surface area contributed by atoms with E-state index in [-0.39, 0.29) is 6.01 Å². The SMILES string of the molecule is NC(=O)Oc1nc2cc(Cc3ccccc3N)ccc2[nH]1. The minimum atomic E-state index is -0.897. The first-order chi connectivity index (χ1) is 10.1. The van der Waals surface area contributed by atoms with E-state index in [1.54, 1.807) is 0 Å². The molecule has 0 spiro atoms. The predicted octanol–water partition coefficient (Wildman–Crippen LogP) is 2.19. The van der Waals surface area contributed by atoms with Gasteiger partial charge in [0.1, 0.15) is 0 Å². The maximum Gasteiger partial charge on any atom is 0.412 e. The first-order valence-electron chi connectivity index (χ1n) is 6.41. The lowest BCUT2D eigenvalue weighted by Gasteiger charge is -2.05. The van der Waals surface area contributed by atoms with Crippen LogP contribution in [-0.4, -0.2) is 16.1 Å². The number of carbonyl (C=O) groups excluding carboxylic acids is 1. The number of benzene rings is 2. The maximum atomic E-state index is 10.7. The number of imidazole rings is 1. The highest BCUT2D eigenvalue weighted by atomic mass is 16.6. The molecule has 6 nitrogen and oxygen atoms in total. The van der Waals surface area contributed by atoms with Crippen molar-refractivity contribution in [3.8, 4) is 6.01 Å². The van der Waals surface area contributed by atoms with Gasteiger partial charge in [-0.05, 0) is 35.7 Å². The monoisotopic (exact) mass is 282 g/mol. The van der Waals surface area contributed by atoms with Crippen molar-refractivity contribution < 1.29 is 9.53 Å². The van der Waals surface area contributed by atoms with E-state index in [0.717, 1.165) is 22.3 Å². The molecule has 0 aliphatic carbocycles.